The Bertz CT molecular complexity index is 1210. The Kier molecular flexibility index (Phi) is 6.31. The van der Waals surface area contributed by atoms with Crippen LogP contribution in [0.2, 0.25) is 5.02 Å². The predicted molar refractivity (Wildman–Crippen MR) is 108 cm³/mol. The Balaban J connectivity index is 1.59. The van der Waals surface area contributed by atoms with Gasteiger partial charge in [0.1, 0.15) is 0 Å². The molecular formula is C19H18ClN3O5S. The first kappa shape index (κ1) is 21.0. The lowest BCUT2D eigenvalue weighted by Gasteiger charge is -2.13. The van der Waals surface area contributed by atoms with Crippen LogP contribution in [0.15, 0.2) is 58.2 Å². The van der Waals surface area contributed by atoms with E-state index in [9.17, 15) is 18.0 Å². The smallest absolute Gasteiger partial charge is 0.307 e. The van der Waals surface area contributed by atoms with Crippen molar-refractivity contribution in [1.29, 1.82) is 0 Å². The molecule has 2 aromatic carbocycles. The number of ether oxygens (including phenoxy) is 1. The topological polar surface area (TPSA) is 118 Å². The van der Waals surface area contributed by atoms with E-state index >= 15 is 0 Å². The van der Waals surface area contributed by atoms with Gasteiger partial charge < -0.3 is 9.72 Å². The second-order valence-electron chi connectivity index (χ2n) is 6.21. The zero-order valence-corrected chi connectivity index (χ0v) is 17.0. The third kappa shape index (κ3) is 5.20. The van der Waals surface area contributed by atoms with Crippen LogP contribution in [-0.2, 0) is 19.6 Å². The Labute approximate surface area is 171 Å². The minimum atomic E-state index is -3.79. The maximum Gasteiger partial charge on any atom is 0.307 e. The average molecular weight is 436 g/mol. The molecular weight excluding hydrogens is 418 g/mol. The average Bonchev–Trinajstić information content (AvgIpc) is 2.67. The molecule has 29 heavy (non-hydrogen) atoms. The summed E-state index contributed by atoms with van der Waals surface area (Å²) >= 11 is 5.80. The number of aromatic amines is 1. The number of esters is 1. The summed E-state index contributed by atoms with van der Waals surface area (Å²) in [6, 6.07) is 12.6. The molecule has 0 bridgehead atoms. The van der Waals surface area contributed by atoms with Crippen LogP contribution >= 0.6 is 11.6 Å². The summed E-state index contributed by atoms with van der Waals surface area (Å²) in [4.78, 5) is 31.1. The number of halogens is 1. The van der Waals surface area contributed by atoms with Crippen molar-refractivity contribution in [2.45, 2.75) is 24.3 Å². The van der Waals surface area contributed by atoms with Crippen LogP contribution in [0.3, 0.4) is 0 Å². The van der Waals surface area contributed by atoms with Crippen molar-refractivity contribution in [3.05, 3.63) is 69.7 Å². The fraction of sp³-hybridized carbons (Fsp3) is 0.211. The molecule has 1 atom stereocenters. The third-order valence-electron chi connectivity index (χ3n) is 4.05. The van der Waals surface area contributed by atoms with Crippen LogP contribution in [-0.4, -0.2) is 30.9 Å². The zero-order chi connectivity index (χ0) is 21.0. The lowest BCUT2D eigenvalue weighted by Crippen LogP contribution is -2.27. The van der Waals surface area contributed by atoms with Crippen LogP contribution in [0.1, 0.15) is 25.3 Å². The summed E-state index contributed by atoms with van der Waals surface area (Å²) in [6.07, 6.45) is -0.994. The van der Waals surface area contributed by atoms with Gasteiger partial charge in [0.2, 0.25) is 10.0 Å². The van der Waals surface area contributed by atoms with Gasteiger partial charge in [-0.2, -0.15) is 0 Å². The first-order valence-corrected chi connectivity index (χ1v) is 10.6. The van der Waals surface area contributed by atoms with Crippen LogP contribution in [0, 0.1) is 0 Å². The highest BCUT2D eigenvalue weighted by molar-refractivity contribution is 7.89. The highest BCUT2D eigenvalue weighted by Crippen LogP contribution is 2.16. The molecule has 0 unspecified atom stereocenters. The van der Waals surface area contributed by atoms with E-state index in [1.165, 1.54) is 18.2 Å². The molecule has 152 valence electrons. The molecule has 0 radical (unpaired) electrons. The van der Waals surface area contributed by atoms with E-state index < -0.39 is 22.1 Å². The van der Waals surface area contributed by atoms with Gasteiger partial charge in [-0.1, -0.05) is 29.8 Å². The number of para-hydroxylation sites is 1. The summed E-state index contributed by atoms with van der Waals surface area (Å²) in [5.41, 5.74) is 0.159. The minimum Gasteiger partial charge on any atom is -0.454 e. The molecule has 3 rings (SSSR count). The van der Waals surface area contributed by atoms with Crippen LogP contribution in [0.4, 0.5) is 0 Å². The monoisotopic (exact) mass is 435 g/mol. The van der Waals surface area contributed by atoms with Crippen LogP contribution in [0.25, 0.3) is 10.9 Å². The van der Waals surface area contributed by atoms with Crippen molar-refractivity contribution in [2.75, 3.05) is 6.54 Å². The van der Waals surface area contributed by atoms with Crippen molar-refractivity contribution in [3.63, 3.8) is 0 Å². The molecule has 0 fully saturated rings. The molecule has 0 aliphatic carbocycles. The first-order valence-electron chi connectivity index (χ1n) is 8.70. The number of carbonyl (C=O) groups excluding carboxylic acids is 1. The molecule has 10 heteroatoms. The number of carbonyl (C=O) groups is 1. The maximum absolute atomic E-state index is 12.2. The summed E-state index contributed by atoms with van der Waals surface area (Å²) in [5.74, 6) is -0.427. The second-order valence-corrected chi connectivity index (χ2v) is 8.41. The molecule has 2 N–H and O–H groups in total. The molecule has 0 spiro atoms. The molecule has 0 aliphatic heterocycles. The van der Waals surface area contributed by atoms with E-state index in [0.29, 0.717) is 10.9 Å². The van der Waals surface area contributed by atoms with Gasteiger partial charge in [0.15, 0.2) is 11.9 Å². The first-order chi connectivity index (χ1) is 13.8. The molecule has 1 aromatic heterocycles. The summed E-state index contributed by atoms with van der Waals surface area (Å²) in [7, 11) is -3.79. The van der Waals surface area contributed by atoms with Gasteiger partial charge in [-0.3, -0.25) is 9.59 Å². The van der Waals surface area contributed by atoms with Crippen molar-refractivity contribution in [3.8, 4) is 0 Å². The number of aromatic nitrogens is 2. The lowest BCUT2D eigenvalue weighted by molar-refractivity contribution is -0.148. The number of hydrogen-bond donors (Lipinski definition) is 2. The van der Waals surface area contributed by atoms with E-state index in [1.54, 1.807) is 37.3 Å². The standard InChI is InChI=1S/C19H18ClN3O5S/c1-12(18-22-16-8-3-2-7-15(16)19(25)23-18)28-17(24)9-10-21-29(26,27)14-6-4-5-13(20)11-14/h2-8,11-12,21H,9-10H2,1H3,(H,22,23,25)/t12-/m0/s1. The van der Waals surface area contributed by atoms with Gasteiger partial charge in [-0.05, 0) is 37.3 Å². The Morgan fingerprint density at radius 2 is 2.00 bits per heavy atom. The third-order valence-corrected chi connectivity index (χ3v) is 5.75. The highest BCUT2D eigenvalue weighted by atomic mass is 35.5. The van der Waals surface area contributed by atoms with E-state index in [1.807, 2.05) is 0 Å². The molecule has 1 heterocycles. The number of hydrogen-bond acceptors (Lipinski definition) is 6. The fourth-order valence-corrected chi connectivity index (χ4v) is 3.95. The number of benzene rings is 2. The summed E-state index contributed by atoms with van der Waals surface area (Å²) in [6.45, 7) is 1.42. The van der Waals surface area contributed by atoms with E-state index in [0.717, 1.165) is 0 Å². The van der Waals surface area contributed by atoms with Gasteiger partial charge >= 0.3 is 5.97 Å². The fourth-order valence-electron chi connectivity index (χ4n) is 2.61. The Morgan fingerprint density at radius 3 is 2.76 bits per heavy atom. The SMILES string of the molecule is C[C@H](OC(=O)CCNS(=O)(=O)c1cccc(Cl)c1)c1nc2ccccc2c(=O)[nH]1. The van der Waals surface area contributed by atoms with Crippen LogP contribution in [0.5, 0.6) is 0 Å². The van der Waals surface area contributed by atoms with Gasteiger partial charge in [-0.25, -0.2) is 18.1 Å². The lowest BCUT2D eigenvalue weighted by atomic mass is 10.2. The van der Waals surface area contributed by atoms with Gasteiger partial charge in [0.05, 0.1) is 22.2 Å². The number of sulfonamides is 1. The molecule has 0 saturated carbocycles. The highest BCUT2D eigenvalue weighted by Gasteiger charge is 2.18. The van der Waals surface area contributed by atoms with Gasteiger partial charge in [0, 0.05) is 11.6 Å². The molecule has 8 nitrogen and oxygen atoms in total. The normalized spacial score (nSPS) is 12.6. The molecule has 0 saturated heterocycles. The second kappa shape index (κ2) is 8.73. The quantitative estimate of drug-likeness (QED) is 0.550. The maximum atomic E-state index is 12.2. The number of nitrogens with zero attached hydrogens (tertiary/aromatic N) is 1. The largest absolute Gasteiger partial charge is 0.454 e. The number of fused-ring (bicyclic) bond motifs is 1. The van der Waals surface area contributed by atoms with E-state index in [2.05, 4.69) is 14.7 Å². The number of nitrogens with one attached hydrogen (secondary N) is 2. The van der Waals surface area contributed by atoms with Gasteiger partial charge in [0.25, 0.3) is 5.56 Å². The molecule has 0 amide bonds. The van der Waals surface area contributed by atoms with E-state index in [-0.39, 0.29) is 34.3 Å². The number of H-pyrrole nitrogens is 1. The van der Waals surface area contributed by atoms with E-state index in [4.69, 9.17) is 16.3 Å². The van der Waals surface area contributed by atoms with Crippen molar-refractivity contribution < 1.29 is 17.9 Å². The van der Waals surface area contributed by atoms with Crippen molar-refractivity contribution >= 4 is 38.5 Å². The van der Waals surface area contributed by atoms with Gasteiger partial charge in [-0.15, -0.1) is 0 Å². The predicted octanol–water partition coefficient (Wildman–Crippen LogP) is 2.55. The van der Waals surface area contributed by atoms with Crippen LogP contribution < -0.4 is 10.3 Å². The summed E-state index contributed by atoms with van der Waals surface area (Å²) < 4.78 is 32.0. The molecule has 0 aliphatic rings. The molecule has 3 aromatic rings. The Morgan fingerprint density at radius 1 is 1.24 bits per heavy atom. The van der Waals surface area contributed by atoms with Crippen molar-refractivity contribution in [2.24, 2.45) is 0 Å². The Hall–Kier alpha value is -2.75. The summed E-state index contributed by atoms with van der Waals surface area (Å²) in [5, 5.41) is 0.725. The minimum absolute atomic E-state index is 0.00433. The number of rotatable bonds is 7. The zero-order valence-electron chi connectivity index (χ0n) is 15.4. The van der Waals surface area contributed by atoms with Crippen molar-refractivity contribution in [1.82, 2.24) is 14.7 Å².